The van der Waals surface area contributed by atoms with Gasteiger partial charge in [0.05, 0.1) is 0 Å². The molecule has 0 heterocycles. The van der Waals surface area contributed by atoms with Crippen LogP contribution in [0.5, 0.6) is 0 Å². The summed E-state index contributed by atoms with van der Waals surface area (Å²) >= 11 is 0. The Hall–Kier alpha value is 0.0900. The third-order valence-electron chi connectivity index (χ3n) is 3.10. The summed E-state index contributed by atoms with van der Waals surface area (Å²) in [6.07, 6.45) is 7.75. The maximum Gasteiger partial charge on any atom is 3.00 e. The fraction of sp³-hybridized carbons (Fsp3) is 0.500. The van der Waals surface area contributed by atoms with Crippen LogP contribution in [0.3, 0.4) is 0 Å². The molecular formula is C20H33ClSiZr. The van der Waals surface area contributed by atoms with Gasteiger partial charge < -0.3 is 12.4 Å². The topological polar surface area (TPSA) is 0 Å². The minimum Gasteiger partial charge on any atom is -1.00 e. The Morgan fingerprint density at radius 1 is 0.696 bits per heavy atom. The van der Waals surface area contributed by atoms with Crippen LogP contribution >= 0.6 is 0 Å². The van der Waals surface area contributed by atoms with Crippen molar-refractivity contribution in [1.29, 1.82) is 0 Å². The van der Waals surface area contributed by atoms with Gasteiger partial charge in [-0.1, -0.05) is 65.5 Å². The molecule has 128 valence electrons. The Balaban J connectivity index is -0.000000277. The summed E-state index contributed by atoms with van der Waals surface area (Å²) in [5.74, 6) is 0. The first-order chi connectivity index (χ1) is 10.3. The summed E-state index contributed by atoms with van der Waals surface area (Å²) < 4.78 is 0. The zero-order valence-corrected chi connectivity index (χ0v) is 19.7. The quantitative estimate of drug-likeness (QED) is 0.491. The van der Waals surface area contributed by atoms with Crippen LogP contribution in [0.1, 0.15) is 50.7 Å². The van der Waals surface area contributed by atoms with Gasteiger partial charge in [0, 0.05) is 9.52 Å². The van der Waals surface area contributed by atoms with Crippen LogP contribution in [0.15, 0.2) is 48.5 Å². The second-order valence-corrected chi connectivity index (χ2v) is 6.53. The standard InChI is InChI=1S/2C9H13.C2H7Si.ClH.Zr/c2*1-2-3-6-9-7-4-5-8-9;1-3-2;;/h2*4-5,7-8H,2-3,6H2,1H3;3H,1-2H3;1H;/q2*-1;;;+3/p-1. The van der Waals surface area contributed by atoms with E-state index in [2.05, 4.69) is 75.5 Å². The molecule has 0 aliphatic heterocycles. The number of hydrogen-bond donors (Lipinski definition) is 0. The van der Waals surface area contributed by atoms with E-state index in [0.29, 0.717) is 0 Å². The largest absolute Gasteiger partial charge is 3.00 e. The average Bonchev–Trinajstić information content (AvgIpc) is 3.18. The van der Waals surface area contributed by atoms with E-state index >= 15 is 0 Å². The van der Waals surface area contributed by atoms with E-state index in [1.165, 1.54) is 49.7 Å². The zero-order chi connectivity index (χ0) is 15.8. The van der Waals surface area contributed by atoms with Crippen LogP contribution in [0.25, 0.3) is 0 Å². The molecule has 0 N–H and O–H groups in total. The van der Waals surface area contributed by atoms with E-state index in [0.717, 1.165) is 9.52 Å². The van der Waals surface area contributed by atoms with E-state index in [9.17, 15) is 0 Å². The maximum atomic E-state index is 2.23. The predicted octanol–water partition coefficient (Wildman–Crippen LogP) is 3.02. The molecule has 2 radical (unpaired) electrons. The molecule has 3 heteroatoms. The van der Waals surface area contributed by atoms with E-state index in [1.807, 2.05) is 0 Å². The Morgan fingerprint density at radius 3 is 1.17 bits per heavy atom. The first-order valence-electron chi connectivity index (χ1n) is 8.43. The molecule has 2 aromatic carbocycles. The van der Waals surface area contributed by atoms with Crippen molar-refractivity contribution in [3.8, 4) is 0 Å². The Kier molecular flexibility index (Phi) is 26.8. The molecule has 23 heavy (non-hydrogen) atoms. The minimum absolute atomic E-state index is 0. The Bertz CT molecular complexity index is 343. The summed E-state index contributed by atoms with van der Waals surface area (Å²) in [4.78, 5) is 0. The Morgan fingerprint density at radius 2 is 0.957 bits per heavy atom. The van der Waals surface area contributed by atoms with Gasteiger partial charge in [-0.05, 0) is 0 Å². The van der Waals surface area contributed by atoms with Crippen molar-refractivity contribution in [2.45, 2.75) is 65.5 Å². The molecule has 0 unspecified atom stereocenters. The van der Waals surface area contributed by atoms with Gasteiger partial charge in [-0.3, -0.25) is 0 Å². The molecule has 0 aliphatic rings. The second kappa shape index (κ2) is 22.1. The molecule has 0 fully saturated rings. The van der Waals surface area contributed by atoms with Gasteiger partial charge >= 0.3 is 26.2 Å². The van der Waals surface area contributed by atoms with Crippen LogP contribution in [0.2, 0.25) is 13.1 Å². The van der Waals surface area contributed by atoms with Gasteiger partial charge in [-0.15, -0.1) is 0 Å². The van der Waals surface area contributed by atoms with Crippen LogP contribution in [0, 0.1) is 0 Å². The zero-order valence-electron chi connectivity index (χ0n) is 15.3. The third-order valence-corrected chi connectivity index (χ3v) is 3.10. The molecule has 0 atom stereocenters. The monoisotopic (exact) mass is 426 g/mol. The smallest absolute Gasteiger partial charge is 1.00 e. The maximum absolute atomic E-state index is 2.23. The Labute approximate surface area is 172 Å². The first kappa shape index (κ1) is 27.9. The van der Waals surface area contributed by atoms with E-state index in [-0.39, 0.29) is 38.6 Å². The minimum atomic E-state index is 0. The molecule has 0 aromatic heterocycles. The molecule has 0 saturated carbocycles. The summed E-state index contributed by atoms with van der Waals surface area (Å²) in [7, 11) is 0.750. The normalized spacial score (nSPS) is 8.52. The molecule has 2 aromatic rings. The summed E-state index contributed by atoms with van der Waals surface area (Å²) in [5.41, 5.74) is 2.97. The van der Waals surface area contributed by atoms with E-state index in [4.69, 9.17) is 0 Å². The van der Waals surface area contributed by atoms with Gasteiger partial charge in [-0.2, -0.15) is 35.4 Å². The fourth-order valence-corrected chi connectivity index (χ4v) is 1.92. The van der Waals surface area contributed by atoms with Gasteiger partial charge in [0.2, 0.25) is 0 Å². The van der Waals surface area contributed by atoms with Crippen molar-refractivity contribution in [3.05, 3.63) is 59.7 Å². The van der Waals surface area contributed by atoms with Crippen molar-refractivity contribution in [1.82, 2.24) is 0 Å². The van der Waals surface area contributed by atoms with Crippen LogP contribution in [-0.2, 0) is 39.0 Å². The summed E-state index contributed by atoms with van der Waals surface area (Å²) in [6.45, 7) is 8.87. The van der Waals surface area contributed by atoms with Crippen molar-refractivity contribution >= 4 is 9.52 Å². The molecule has 0 nitrogen and oxygen atoms in total. The van der Waals surface area contributed by atoms with Crippen molar-refractivity contribution in [3.63, 3.8) is 0 Å². The number of rotatable bonds is 6. The molecule has 0 bridgehead atoms. The van der Waals surface area contributed by atoms with Gasteiger partial charge in [0.15, 0.2) is 0 Å². The molecular weight excluding hydrogens is 395 g/mol. The molecule has 0 aliphatic carbocycles. The molecule has 0 saturated heterocycles. The van der Waals surface area contributed by atoms with Crippen LogP contribution in [-0.4, -0.2) is 9.52 Å². The van der Waals surface area contributed by atoms with E-state index in [1.54, 1.807) is 0 Å². The van der Waals surface area contributed by atoms with Crippen LogP contribution in [0.4, 0.5) is 0 Å². The summed E-state index contributed by atoms with van der Waals surface area (Å²) in [5, 5.41) is 0. The fourth-order valence-electron chi connectivity index (χ4n) is 1.92. The first-order valence-corrected chi connectivity index (χ1v) is 10.7. The number of unbranched alkanes of at least 4 members (excludes halogenated alkanes) is 2. The van der Waals surface area contributed by atoms with Crippen molar-refractivity contribution in [2.75, 3.05) is 0 Å². The van der Waals surface area contributed by atoms with E-state index < -0.39 is 0 Å². The number of hydrogen-bond acceptors (Lipinski definition) is 0. The SMILES string of the molecule is CCCC[c-]1cccc1.CCCC[c-]1cccc1.C[SiH]C.[Cl-].[Zr+3]. The molecule has 0 amide bonds. The molecule has 0 spiro atoms. The number of halogens is 1. The molecule has 2 rings (SSSR count). The third kappa shape index (κ3) is 18.3. The second-order valence-electron chi connectivity index (χ2n) is 5.37. The predicted molar refractivity (Wildman–Crippen MR) is 100 cm³/mol. The average molecular weight is 428 g/mol. The summed E-state index contributed by atoms with van der Waals surface area (Å²) in [6, 6.07) is 17.2. The van der Waals surface area contributed by atoms with Gasteiger partial charge in [0.25, 0.3) is 0 Å². The van der Waals surface area contributed by atoms with Crippen molar-refractivity contribution in [2.24, 2.45) is 0 Å². The van der Waals surface area contributed by atoms with Gasteiger partial charge in [0.1, 0.15) is 0 Å². The van der Waals surface area contributed by atoms with Crippen molar-refractivity contribution < 1.29 is 38.6 Å². The number of aryl methyl sites for hydroxylation is 2. The van der Waals surface area contributed by atoms with Gasteiger partial charge in [-0.25, -0.2) is 24.3 Å². The van der Waals surface area contributed by atoms with Crippen LogP contribution < -0.4 is 12.4 Å².